The van der Waals surface area contributed by atoms with Crippen molar-refractivity contribution in [3.05, 3.63) is 22.4 Å². The van der Waals surface area contributed by atoms with Crippen LogP contribution in [-0.2, 0) is 6.42 Å². The summed E-state index contributed by atoms with van der Waals surface area (Å²) in [5.41, 5.74) is 4.37. The fraction of sp³-hybridized carbons (Fsp3) is 0.692. The van der Waals surface area contributed by atoms with Crippen molar-refractivity contribution in [2.24, 2.45) is 5.84 Å². The highest BCUT2D eigenvalue weighted by atomic mass is 32.1. The smallest absolute Gasteiger partial charge is 0.0225 e. The quantitative estimate of drug-likeness (QED) is 0.525. The molecule has 17 heavy (non-hydrogen) atoms. The van der Waals surface area contributed by atoms with Crippen LogP contribution in [0.3, 0.4) is 0 Å². The minimum atomic E-state index is 0.426. The lowest BCUT2D eigenvalue weighted by Crippen LogP contribution is -2.38. The number of rotatable bonds is 9. The van der Waals surface area contributed by atoms with Gasteiger partial charge >= 0.3 is 0 Å². The first-order chi connectivity index (χ1) is 8.30. The minimum absolute atomic E-state index is 0.426. The third-order valence-electron chi connectivity index (χ3n) is 3.29. The molecular weight excluding hydrogens is 230 g/mol. The summed E-state index contributed by atoms with van der Waals surface area (Å²) >= 11 is 1.76. The predicted molar refractivity (Wildman–Crippen MR) is 76.2 cm³/mol. The molecule has 1 rings (SSSR count). The van der Waals surface area contributed by atoms with Crippen LogP contribution >= 0.6 is 11.3 Å². The molecule has 0 bridgehead atoms. The van der Waals surface area contributed by atoms with E-state index in [0.29, 0.717) is 6.04 Å². The maximum absolute atomic E-state index is 5.62. The minimum Gasteiger partial charge on any atom is -0.304 e. The molecule has 1 heterocycles. The van der Waals surface area contributed by atoms with E-state index in [1.807, 2.05) is 0 Å². The lowest BCUT2D eigenvalue weighted by Gasteiger charge is -2.22. The van der Waals surface area contributed by atoms with Gasteiger partial charge < -0.3 is 4.90 Å². The van der Waals surface area contributed by atoms with Gasteiger partial charge in [0.2, 0.25) is 0 Å². The van der Waals surface area contributed by atoms with Crippen molar-refractivity contribution in [2.45, 2.75) is 39.2 Å². The van der Waals surface area contributed by atoms with Gasteiger partial charge in [-0.25, -0.2) is 0 Å². The van der Waals surface area contributed by atoms with Crippen molar-refractivity contribution in [3.63, 3.8) is 0 Å². The van der Waals surface area contributed by atoms with E-state index in [1.165, 1.54) is 5.56 Å². The molecule has 0 aliphatic carbocycles. The molecule has 1 atom stereocenters. The highest BCUT2D eigenvalue weighted by Crippen LogP contribution is 2.11. The molecule has 3 nitrogen and oxygen atoms in total. The maximum atomic E-state index is 5.62. The van der Waals surface area contributed by atoms with Gasteiger partial charge in [0.15, 0.2) is 0 Å². The van der Waals surface area contributed by atoms with Crippen LogP contribution in [0.1, 0.15) is 32.3 Å². The Hall–Kier alpha value is -0.420. The van der Waals surface area contributed by atoms with Crippen molar-refractivity contribution in [1.82, 2.24) is 10.3 Å². The Morgan fingerprint density at radius 2 is 2.12 bits per heavy atom. The van der Waals surface area contributed by atoms with Crippen molar-refractivity contribution in [2.75, 3.05) is 19.6 Å². The molecule has 0 fully saturated rings. The zero-order chi connectivity index (χ0) is 12.5. The maximum Gasteiger partial charge on any atom is 0.0225 e. The Morgan fingerprint density at radius 1 is 1.35 bits per heavy atom. The number of hydrogen-bond donors (Lipinski definition) is 2. The second kappa shape index (κ2) is 8.64. The van der Waals surface area contributed by atoms with Crippen LogP contribution in [0.4, 0.5) is 0 Å². The lowest BCUT2D eigenvalue weighted by atomic mass is 10.1. The molecule has 1 aromatic heterocycles. The molecular formula is C13H25N3S. The molecule has 98 valence electrons. The third kappa shape index (κ3) is 5.64. The second-order valence-electron chi connectivity index (χ2n) is 4.35. The highest BCUT2D eigenvalue weighted by Gasteiger charge is 2.09. The van der Waals surface area contributed by atoms with Gasteiger partial charge in [0, 0.05) is 6.04 Å². The Kier molecular flexibility index (Phi) is 7.44. The number of hydrazine groups is 1. The van der Waals surface area contributed by atoms with E-state index in [-0.39, 0.29) is 0 Å². The van der Waals surface area contributed by atoms with E-state index in [4.69, 9.17) is 5.84 Å². The molecule has 4 heteroatoms. The van der Waals surface area contributed by atoms with Gasteiger partial charge in [-0.05, 0) is 61.3 Å². The van der Waals surface area contributed by atoms with Crippen LogP contribution in [0.25, 0.3) is 0 Å². The van der Waals surface area contributed by atoms with Crippen molar-refractivity contribution >= 4 is 11.3 Å². The fourth-order valence-corrected chi connectivity index (χ4v) is 2.67. The van der Waals surface area contributed by atoms with Gasteiger partial charge in [-0.3, -0.25) is 11.3 Å². The van der Waals surface area contributed by atoms with Gasteiger partial charge in [0.25, 0.3) is 0 Å². The summed E-state index contributed by atoms with van der Waals surface area (Å²) in [6.45, 7) is 7.79. The van der Waals surface area contributed by atoms with E-state index in [9.17, 15) is 0 Å². The lowest BCUT2D eigenvalue weighted by molar-refractivity contribution is 0.278. The number of thiophene rings is 1. The summed E-state index contributed by atoms with van der Waals surface area (Å²) in [5, 5.41) is 4.36. The zero-order valence-corrected chi connectivity index (χ0v) is 11.8. The number of hydrogen-bond acceptors (Lipinski definition) is 4. The Morgan fingerprint density at radius 3 is 2.65 bits per heavy atom. The van der Waals surface area contributed by atoms with Gasteiger partial charge in [-0.2, -0.15) is 11.3 Å². The van der Waals surface area contributed by atoms with Gasteiger partial charge in [-0.15, -0.1) is 0 Å². The first-order valence-corrected chi connectivity index (χ1v) is 7.44. The largest absolute Gasteiger partial charge is 0.304 e. The fourth-order valence-electron chi connectivity index (χ4n) is 1.97. The first kappa shape index (κ1) is 14.6. The first-order valence-electron chi connectivity index (χ1n) is 6.49. The summed E-state index contributed by atoms with van der Waals surface area (Å²) in [4.78, 5) is 2.44. The Labute approximate surface area is 109 Å². The van der Waals surface area contributed by atoms with Crippen LogP contribution < -0.4 is 11.3 Å². The third-order valence-corrected chi connectivity index (χ3v) is 4.02. The summed E-state index contributed by atoms with van der Waals surface area (Å²) in [7, 11) is 0. The SMILES string of the molecule is CCN(CC)CCC(CCc1ccsc1)NN. The van der Waals surface area contributed by atoms with Gasteiger partial charge in [0.1, 0.15) is 0 Å². The Bertz CT molecular complexity index is 270. The number of nitrogens with two attached hydrogens (primary N) is 1. The van der Waals surface area contributed by atoms with Crippen LogP contribution in [0.15, 0.2) is 16.8 Å². The standard InChI is InChI=1S/C13H25N3S/c1-3-16(4-2)9-7-13(15-14)6-5-12-8-10-17-11-12/h8,10-11,13,15H,3-7,9,14H2,1-2H3. The van der Waals surface area contributed by atoms with Gasteiger partial charge in [0.05, 0.1) is 0 Å². The average Bonchev–Trinajstić information content (AvgIpc) is 2.87. The van der Waals surface area contributed by atoms with E-state index in [1.54, 1.807) is 11.3 Å². The summed E-state index contributed by atoms with van der Waals surface area (Å²) < 4.78 is 0. The molecule has 0 amide bonds. The van der Waals surface area contributed by atoms with E-state index in [2.05, 4.69) is 41.0 Å². The van der Waals surface area contributed by atoms with E-state index < -0.39 is 0 Å². The highest BCUT2D eigenvalue weighted by molar-refractivity contribution is 7.07. The number of nitrogens with one attached hydrogen (secondary N) is 1. The van der Waals surface area contributed by atoms with Crippen LogP contribution in [-0.4, -0.2) is 30.6 Å². The topological polar surface area (TPSA) is 41.3 Å². The summed E-state index contributed by atoms with van der Waals surface area (Å²) in [6, 6.07) is 2.62. The summed E-state index contributed by atoms with van der Waals surface area (Å²) in [5.74, 6) is 5.62. The van der Waals surface area contributed by atoms with E-state index >= 15 is 0 Å². The molecule has 0 radical (unpaired) electrons. The summed E-state index contributed by atoms with van der Waals surface area (Å²) in [6.07, 6.45) is 3.37. The normalized spacial score (nSPS) is 13.2. The second-order valence-corrected chi connectivity index (χ2v) is 5.13. The molecule has 0 spiro atoms. The molecule has 1 unspecified atom stereocenters. The number of nitrogens with zero attached hydrogens (tertiary/aromatic N) is 1. The molecule has 0 saturated carbocycles. The molecule has 1 aromatic rings. The average molecular weight is 255 g/mol. The van der Waals surface area contributed by atoms with Crippen molar-refractivity contribution < 1.29 is 0 Å². The molecule has 0 saturated heterocycles. The molecule has 0 aliphatic rings. The van der Waals surface area contributed by atoms with E-state index in [0.717, 1.165) is 38.9 Å². The molecule has 3 N–H and O–H groups in total. The Balaban J connectivity index is 2.23. The molecule has 0 aliphatic heterocycles. The van der Waals surface area contributed by atoms with Crippen molar-refractivity contribution in [3.8, 4) is 0 Å². The number of aryl methyl sites for hydroxylation is 1. The molecule has 0 aromatic carbocycles. The van der Waals surface area contributed by atoms with Crippen molar-refractivity contribution in [1.29, 1.82) is 0 Å². The van der Waals surface area contributed by atoms with Crippen LogP contribution in [0.2, 0.25) is 0 Å². The zero-order valence-electron chi connectivity index (χ0n) is 11.0. The van der Waals surface area contributed by atoms with Gasteiger partial charge in [-0.1, -0.05) is 13.8 Å². The predicted octanol–water partition coefficient (Wildman–Crippen LogP) is 2.24. The van der Waals surface area contributed by atoms with Crippen LogP contribution in [0, 0.1) is 0 Å². The van der Waals surface area contributed by atoms with Crippen LogP contribution in [0.5, 0.6) is 0 Å². The monoisotopic (exact) mass is 255 g/mol.